The van der Waals surface area contributed by atoms with E-state index < -0.39 is 6.10 Å². The molecule has 0 aromatic rings. The van der Waals surface area contributed by atoms with Gasteiger partial charge in [-0.2, -0.15) is 0 Å². The summed E-state index contributed by atoms with van der Waals surface area (Å²) in [7, 11) is 0. The Morgan fingerprint density at radius 2 is 2.38 bits per heavy atom. The third kappa shape index (κ3) is 0.976. The van der Waals surface area contributed by atoms with E-state index in [4.69, 9.17) is 10.2 Å². The van der Waals surface area contributed by atoms with Crippen molar-refractivity contribution >= 4 is 0 Å². The standard InChI is InChI=1S/C4H10N2O2/c7-2-3-4(8)1-5-6-3/h3-8H,1-2H2/t3-,4+/m1/s1. The van der Waals surface area contributed by atoms with Crippen LogP contribution in [0.15, 0.2) is 0 Å². The number of hydrogen-bond donors (Lipinski definition) is 4. The molecule has 1 aliphatic rings. The normalized spacial score (nSPS) is 38.2. The van der Waals surface area contributed by atoms with Gasteiger partial charge in [-0.1, -0.05) is 0 Å². The summed E-state index contributed by atoms with van der Waals surface area (Å²) in [5.41, 5.74) is 5.42. The Labute approximate surface area is 47.5 Å². The molecule has 0 aromatic carbocycles. The highest BCUT2D eigenvalue weighted by Gasteiger charge is 2.22. The smallest absolute Gasteiger partial charge is 0.0867 e. The summed E-state index contributed by atoms with van der Waals surface area (Å²) < 4.78 is 0. The van der Waals surface area contributed by atoms with Crippen LogP contribution in [0, 0.1) is 0 Å². The first kappa shape index (κ1) is 5.97. The fourth-order valence-corrected chi connectivity index (χ4v) is 0.700. The van der Waals surface area contributed by atoms with Gasteiger partial charge in [-0.05, 0) is 0 Å². The summed E-state index contributed by atoms with van der Waals surface area (Å²) in [5, 5.41) is 17.4. The lowest BCUT2D eigenvalue weighted by atomic mass is 10.2. The first-order chi connectivity index (χ1) is 3.84. The van der Waals surface area contributed by atoms with Gasteiger partial charge >= 0.3 is 0 Å². The number of hydrogen-bond acceptors (Lipinski definition) is 4. The molecule has 0 radical (unpaired) electrons. The van der Waals surface area contributed by atoms with E-state index in [1.807, 2.05) is 0 Å². The SMILES string of the molecule is OC[C@H]1NNC[C@@H]1O. The average molecular weight is 118 g/mol. The Kier molecular flexibility index (Phi) is 1.80. The van der Waals surface area contributed by atoms with Crippen molar-refractivity contribution in [2.24, 2.45) is 0 Å². The van der Waals surface area contributed by atoms with Gasteiger partial charge in [0.1, 0.15) is 0 Å². The molecule has 2 atom stereocenters. The first-order valence-corrected chi connectivity index (χ1v) is 2.62. The Morgan fingerprint density at radius 1 is 1.62 bits per heavy atom. The lowest BCUT2D eigenvalue weighted by molar-refractivity contribution is 0.129. The third-order valence-electron chi connectivity index (χ3n) is 1.26. The van der Waals surface area contributed by atoms with Crippen molar-refractivity contribution in [2.75, 3.05) is 13.2 Å². The summed E-state index contributed by atoms with van der Waals surface area (Å²) in [6.45, 7) is 0.499. The number of hydrazine groups is 1. The third-order valence-corrected chi connectivity index (χ3v) is 1.26. The van der Waals surface area contributed by atoms with Crippen LogP contribution in [-0.4, -0.2) is 35.5 Å². The molecule has 1 heterocycles. The maximum atomic E-state index is 8.90. The number of rotatable bonds is 1. The second-order valence-corrected chi connectivity index (χ2v) is 1.88. The largest absolute Gasteiger partial charge is 0.395 e. The molecule has 1 saturated heterocycles. The quantitative estimate of drug-likeness (QED) is 0.316. The fraction of sp³-hybridized carbons (Fsp3) is 1.00. The van der Waals surface area contributed by atoms with Gasteiger partial charge in [0.05, 0.1) is 18.8 Å². The molecule has 48 valence electrons. The van der Waals surface area contributed by atoms with E-state index in [0.29, 0.717) is 6.54 Å². The van der Waals surface area contributed by atoms with E-state index in [1.165, 1.54) is 0 Å². The van der Waals surface area contributed by atoms with E-state index in [2.05, 4.69) is 10.9 Å². The number of aliphatic hydroxyl groups is 2. The van der Waals surface area contributed by atoms with Gasteiger partial charge in [0.15, 0.2) is 0 Å². The first-order valence-electron chi connectivity index (χ1n) is 2.62. The minimum Gasteiger partial charge on any atom is -0.395 e. The van der Waals surface area contributed by atoms with E-state index in [-0.39, 0.29) is 12.6 Å². The van der Waals surface area contributed by atoms with E-state index in [1.54, 1.807) is 0 Å². The van der Waals surface area contributed by atoms with E-state index in [0.717, 1.165) is 0 Å². The average Bonchev–Trinajstić information content (AvgIpc) is 2.14. The van der Waals surface area contributed by atoms with Crippen LogP contribution in [-0.2, 0) is 0 Å². The second kappa shape index (κ2) is 2.41. The zero-order valence-electron chi connectivity index (χ0n) is 4.46. The van der Waals surface area contributed by atoms with Crippen LogP contribution in [0.25, 0.3) is 0 Å². The van der Waals surface area contributed by atoms with Crippen molar-refractivity contribution in [1.82, 2.24) is 10.9 Å². The predicted octanol–water partition coefficient (Wildman–Crippen LogP) is -2.18. The highest BCUT2D eigenvalue weighted by Crippen LogP contribution is 1.94. The van der Waals surface area contributed by atoms with Crippen LogP contribution in [0.1, 0.15) is 0 Å². The lowest BCUT2D eigenvalue weighted by Gasteiger charge is -2.07. The van der Waals surface area contributed by atoms with Crippen molar-refractivity contribution in [3.05, 3.63) is 0 Å². The maximum Gasteiger partial charge on any atom is 0.0867 e. The van der Waals surface area contributed by atoms with Gasteiger partial charge in [0.2, 0.25) is 0 Å². The van der Waals surface area contributed by atoms with Crippen LogP contribution in [0.4, 0.5) is 0 Å². The molecule has 0 unspecified atom stereocenters. The van der Waals surface area contributed by atoms with Gasteiger partial charge in [-0.15, -0.1) is 0 Å². The van der Waals surface area contributed by atoms with Crippen LogP contribution in [0.2, 0.25) is 0 Å². The molecule has 0 aliphatic carbocycles. The number of β-amino-alcohol motifs (C(OH)–C–C–N with tert-alkyl or cyclic N) is 1. The molecule has 1 fully saturated rings. The fourth-order valence-electron chi connectivity index (χ4n) is 0.700. The van der Waals surface area contributed by atoms with Gasteiger partial charge in [0.25, 0.3) is 0 Å². The molecular weight excluding hydrogens is 108 g/mol. The highest BCUT2D eigenvalue weighted by molar-refractivity contribution is 4.80. The zero-order valence-corrected chi connectivity index (χ0v) is 4.46. The van der Waals surface area contributed by atoms with Gasteiger partial charge in [-0.3, -0.25) is 5.43 Å². The monoisotopic (exact) mass is 118 g/mol. The molecule has 1 aliphatic heterocycles. The summed E-state index contributed by atoms with van der Waals surface area (Å²) in [6, 6.07) is -0.185. The second-order valence-electron chi connectivity index (χ2n) is 1.88. The maximum absolute atomic E-state index is 8.90. The summed E-state index contributed by atoms with van der Waals surface area (Å²) in [5.74, 6) is 0. The summed E-state index contributed by atoms with van der Waals surface area (Å²) in [6.07, 6.45) is -0.444. The number of aliphatic hydroxyl groups excluding tert-OH is 2. The van der Waals surface area contributed by atoms with Crippen LogP contribution >= 0.6 is 0 Å². The predicted molar refractivity (Wildman–Crippen MR) is 28.0 cm³/mol. The van der Waals surface area contributed by atoms with E-state index in [9.17, 15) is 0 Å². The molecule has 4 N–H and O–H groups in total. The molecule has 4 nitrogen and oxygen atoms in total. The Balaban J connectivity index is 2.30. The topological polar surface area (TPSA) is 64.5 Å². The van der Waals surface area contributed by atoms with Gasteiger partial charge < -0.3 is 10.2 Å². The van der Waals surface area contributed by atoms with Crippen LogP contribution in [0.3, 0.4) is 0 Å². The molecule has 8 heavy (non-hydrogen) atoms. The van der Waals surface area contributed by atoms with Crippen molar-refractivity contribution in [3.63, 3.8) is 0 Å². The molecular formula is C4H10N2O2. The van der Waals surface area contributed by atoms with Crippen molar-refractivity contribution in [3.8, 4) is 0 Å². The molecule has 0 saturated carbocycles. The molecule has 4 heteroatoms. The Hall–Kier alpha value is -0.160. The van der Waals surface area contributed by atoms with Crippen molar-refractivity contribution in [2.45, 2.75) is 12.1 Å². The minimum absolute atomic E-state index is 0.0197. The molecule has 0 amide bonds. The zero-order chi connectivity index (χ0) is 5.98. The Morgan fingerprint density at radius 3 is 2.62 bits per heavy atom. The van der Waals surface area contributed by atoms with Crippen LogP contribution in [0.5, 0.6) is 0 Å². The lowest BCUT2D eigenvalue weighted by Crippen LogP contribution is -2.36. The summed E-state index contributed by atoms with van der Waals surface area (Å²) >= 11 is 0. The molecule has 0 bridgehead atoms. The molecule has 0 spiro atoms. The minimum atomic E-state index is -0.444. The number of nitrogens with one attached hydrogen (secondary N) is 2. The highest BCUT2D eigenvalue weighted by atomic mass is 16.3. The molecule has 1 rings (SSSR count). The Bertz CT molecular complexity index is 78.4. The van der Waals surface area contributed by atoms with E-state index >= 15 is 0 Å². The van der Waals surface area contributed by atoms with Crippen molar-refractivity contribution in [1.29, 1.82) is 0 Å². The van der Waals surface area contributed by atoms with Crippen LogP contribution < -0.4 is 10.9 Å². The van der Waals surface area contributed by atoms with Crippen molar-refractivity contribution < 1.29 is 10.2 Å². The van der Waals surface area contributed by atoms with Gasteiger partial charge in [-0.25, -0.2) is 5.43 Å². The summed E-state index contributed by atoms with van der Waals surface area (Å²) in [4.78, 5) is 0. The van der Waals surface area contributed by atoms with Gasteiger partial charge in [0, 0.05) is 6.54 Å². The molecule has 0 aromatic heterocycles.